The molecule has 0 aromatic carbocycles. The van der Waals surface area contributed by atoms with E-state index in [1.54, 1.807) is 0 Å². The summed E-state index contributed by atoms with van der Waals surface area (Å²) in [5.41, 5.74) is 0. The molecule has 6 heteroatoms. The molecule has 0 aliphatic carbocycles. The summed E-state index contributed by atoms with van der Waals surface area (Å²) in [6.45, 7) is 0. The second-order valence-corrected chi connectivity index (χ2v) is 0. The molecule has 0 rings (SSSR count). The van der Waals surface area contributed by atoms with Crippen LogP contribution in [0.2, 0.25) is 0 Å². The van der Waals surface area contributed by atoms with Crippen molar-refractivity contribution in [2.45, 2.75) is 0 Å². The molecule has 0 bridgehead atoms. The van der Waals surface area contributed by atoms with Crippen molar-refractivity contribution < 1.29 is 54.3 Å². The van der Waals surface area contributed by atoms with Crippen LogP contribution in [-0.2, 0) is 0 Å². The van der Waals surface area contributed by atoms with E-state index >= 15 is 0 Å². The van der Waals surface area contributed by atoms with E-state index in [-0.39, 0.29) is 72.3 Å². The quantitative estimate of drug-likeness (QED) is 0.366. The molecule has 42 valence electrons. The summed E-state index contributed by atoms with van der Waals surface area (Å²) in [7, 11) is 0. The zero-order valence-corrected chi connectivity index (χ0v) is 7.24. The average Bonchev–Trinajstić information content (AvgIpc) is 0. The Morgan fingerprint density at radius 2 is 0.500 bits per heavy atom. The van der Waals surface area contributed by atoms with E-state index in [4.69, 9.17) is 0 Å². The maximum atomic E-state index is 0. The normalized spacial score (nSPS) is 0. The molecule has 0 fully saturated rings. The molecule has 0 nitrogen and oxygen atoms in total. The molecule has 0 heterocycles. The van der Waals surface area contributed by atoms with Gasteiger partial charge in [-0.1, -0.05) is 0 Å². The number of halogens is 5. The second kappa shape index (κ2) is 78.1. The smallest absolute Gasteiger partial charge is 1.00 e. The summed E-state index contributed by atoms with van der Waals surface area (Å²) in [6.07, 6.45) is 0. The summed E-state index contributed by atoms with van der Waals surface area (Å²) < 4.78 is 0. The topological polar surface area (TPSA) is 0 Å². The van der Waals surface area contributed by atoms with E-state index in [0.717, 1.165) is 0 Å². The summed E-state index contributed by atoms with van der Waals surface area (Å²) in [6, 6.07) is 0. The monoisotopic (exact) mass is 234 g/mol. The molecule has 0 spiro atoms. The van der Waals surface area contributed by atoms with E-state index in [1.165, 1.54) is 0 Å². The van der Waals surface area contributed by atoms with Crippen LogP contribution in [-0.4, -0.2) is 18.0 Å². The third-order valence-corrected chi connectivity index (χ3v) is 0. The summed E-state index contributed by atoms with van der Waals surface area (Å²) in [5.74, 6) is 0. The Labute approximate surface area is 72.1 Å². The van der Waals surface area contributed by atoms with Gasteiger partial charge in [0.25, 0.3) is 0 Å². The van der Waals surface area contributed by atoms with Crippen molar-refractivity contribution in [3.8, 4) is 0 Å². The molecular formula is AsCl4F-2. The minimum absolute atomic E-state index is 0. The van der Waals surface area contributed by atoms with E-state index in [9.17, 15) is 0 Å². The zero-order valence-electron chi connectivity index (χ0n) is 2.34. The van der Waals surface area contributed by atoms with Crippen molar-refractivity contribution in [2.24, 2.45) is 0 Å². The maximum absolute atomic E-state index is 0. The van der Waals surface area contributed by atoms with Crippen molar-refractivity contribution in [3.05, 3.63) is 0 Å². The fourth-order valence-electron chi connectivity index (χ4n) is 0. The van der Waals surface area contributed by atoms with Gasteiger partial charge in [-0.05, 0) is 0 Å². The van der Waals surface area contributed by atoms with Gasteiger partial charge in [-0.3, -0.25) is 0 Å². The van der Waals surface area contributed by atoms with Crippen LogP contribution in [0.25, 0.3) is 0 Å². The van der Waals surface area contributed by atoms with Crippen LogP contribution < -0.4 is 54.3 Å². The zero-order chi connectivity index (χ0) is 0. The minimum Gasteiger partial charge on any atom is -1.00 e. The number of hydrogen-bond donors (Lipinski definition) is 0. The molecule has 0 aliphatic rings. The SMILES string of the molecule is [As+3].[Cl-].[Cl-].[Cl-].[Cl-].[F-]. The van der Waals surface area contributed by atoms with Crippen LogP contribution >= 0.6 is 0 Å². The molecule has 0 aliphatic heterocycles. The molecule has 0 aromatic heterocycles. The average molecular weight is 236 g/mol. The Morgan fingerprint density at radius 1 is 0.500 bits per heavy atom. The third-order valence-electron chi connectivity index (χ3n) is 0. The van der Waals surface area contributed by atoms with Gasteiger partial charge in [-0.25, -0.2) is 0 Å². The van der Waals surface area contributed by atoms with Crippen molar-refractivity contribution in [2.75, 3.05) is 0 Å². The van der Waals surface area contributed by atoms with E-state index in [0.29, 0.717) is 0 Å². The van der Waals surface area contributed by atoms with Gasteiger partial charge in [0.1, 0.15) is 0 Å². The molecule has 0 aromatic rings. The first-order chi connectivity index (χ1) is 0. The standard InChI is InChI=1S/As.4ClH.FH/h;5*1H/q+3;;;;;/p-5. The summed E-state index contributed by atoms with van der Waals surface area (Å²) >= 11 is 0. The Balaban J connectivity index is 0. The Morgan fingerprint density at radius 3 is 0.500 bits per heavy atom. The summed E-state index contributed by atoms with van der Waals surface area (Å²) in [4.78, 5) is 0. The van der Waals surface area contributed by atoms with Crippen molar-refractivity contribution >= 4 is 18.0 Å². The van der Waals surface area contributed by atoms with Gasteiger partial charge in [0, 0.05) is 0 Å². The first kappa shape index (κ1) is 124. The molecular weight excluding hydrogens is 236 g/mol. The van der Waals surface area contributed by atoms with Gasteiger partial charge in [0.15, 0.2) is 0 Å². The van der Waals surface area contributed by atoms with Crippen LogP contribution in [0.15, 0.2) is 0 Å². The van der Waals surface area contributed by atoms with E-state index in [1.807, 2.05) is 0 Å². The van der Waals surface area contributed by atoms with Crippen molar-refractivity contribution in [1.29, 1.82) is 0 Å². The molecule has 2 radical (unpaired) electrons. The minimum atomic E-state index is 0. The van der Waals surface area contributed by atoms with Crippen LogP contribution in [0.3, 0.4) is 0 Å². The number of rotatable bonds is 0. The molecule has 0 unspecified atom stereocenters. The maximum Gasteiger partial charge on any atom is 3.00 e. The van der Waals surface area contributed by atoms with Gasteiger partial charge in [-0.2, -0.15) is 0 Å². The van der Waals surface area contributed by atoms with E-state index in [2.05, 4.69) is 0 Å². The number of hydrogen-bond acceptors (Lipinski definition) is 0. The third kappa shape index (κ3) is 44.9. The van der Waals surface area contributed by atoms with Crippen LogP contribution in [0.4, 0.5) is 0 Å². The van der Waals surface area contributed by atoms with Crippen LogP contribution in [0, 0.1) is 0 Å². The predicted octanol–water partition coefficient (Wildman–Crippen LogP) is -15.4. The van der Waals surface area contributed by atoms with E-state index < -0.39 is 0 Å². The molecule has 0 saturated carbocycles. The fraction of sp³-hybridized carbons (Fsp3) is 0. The molecule has 0 saturated heterocycles. The van der Waals surface area contributed by atoms with Crippen molar-refractivity contribution in [1.82, 2.24) is 0 Å². The van der Waals surface area contributed by atoms with Crippen LogP contribution in [0.1, 0.15) is 0 Å². The molecule has 0 amide bonds. The Bertz CT molecular complexity index is 7.51. The van der Waals surface area contributed by atoms with Crippen LogP contribution in [0.5, 0.6) is 0 Å². The fourth-order valence-corrected chi connectivity index (χ4v) is 0. The van der Waals surface area contributed by atoms with Gasteiger partial charge >= 0.3 is 18.0 Å². The van der Waals surface area contributed by atoms with Gasteiger partial charge in [0.05, 0.1) is 0 Å². The van der Waals surface area contributed by atoms with Gasteiger partial charge in [-0.15, -0.1) is 0 Å². The van der Waals surface area contributed by atoms with Gasteiger partial charge < -0.3 is 54.3 Å². The van der Waals surface area contributed by atoms with Gasteiger partial charge in [0.2, 0.25) is 0 Å². The first-order valence-electron chi connectivity index (χ1n) is 0. The first-order valence-corrected chi connectivity index (χ1v) is 0. The Kier molecular flexibility index (Phi) is 1620. The molecule has 0 N–H and O–H groups in total. The largest absolute Gasteiger partial charge is 3.00 e. The predicted molar refractivity (Wildman–Crippen MR) is 5.75 cm³/mol. The van der Waals surface area contributed by atoms with Crippen molar-refractivity contribution in [3.63, 3.8) is 0 Å². The molecule has 6 heavy (non-hydrogen) atoms. The second-order valence-electron chi connectivity index (χ2n) is 0. The Hall–Kier alpha value is 1.65. The molecule has 0 atom stereocenters. The summed E-state index contributed by atoms with van der Waals surface area (Å²) in [5, 5.41) is 0.